The molecule has 0 saturated carbocycles. The van der Waals surface area contributed by atoms with E-state index in [0.29, 0.717) is 29.6 Å². The van der Waals surface area contributed by atoms with Crippen LogP contribution in [0.1, 0.15) is 31.9 Å². The van der Waals surface area contributed by atoms with E-state index >= 15 is 0 Å². The molecule has 0 bridgehead atoms. The summed E-state index contributed by atoms with van der Waals surface area (Å²) in [7, 11) is -3.26. The third kappa shape index (κ3) is 2.62. The van der Waals surface area contributed by atoms with Gasteiger partial charge in [0.15, 0.2) is 21.3 Å². The number of hydrogen-bond donors (Lipinski definition) is 1. The van der Waals surface area contributed by atoms with E-state index < -0.39 is 9.84 Å². The number of sulfone groups is 1. The summed E-state index contributed by atoms with van der Waals surface area (Å²) in [5, 5.41) is 3.39. The second-order valence-electron chi connectivity index (χ2n) is 5.68. The van der Waals surface area contributed by atoms with Crippen molar-refractivity contribution in [1.29, 1.82) is 0 Å². The van der Waals surface area contributed by atoms with Gasteiger partial charge < -0.3 is 14.8 Å². The lowest BCUT2D eigenvalue weighted by molar-refractivity contribution is 0.296. The molecule has 2 atom stereocenters. The lowest BCUT2D eigenvalue weighted by Crippen LogP contribution is -2.36. The molecule has 116 valence electrons. The van der Waals surface area contributed by atoms with Crippen molar-refractivity contribution in [2.24, 2.45) is 5.92 Å². The Morgan fingerprint density at radius 2 is 1.90 bits per heavy atom. The fourth-order valence-corrected chi connectivity index (χ4v) is 4.98. The van der Waals surface area contributed by atoms with Gasteiger partial charge in [0.1, 0.15) is 0 Å². The highest BCUT2D eigenvalue weighted by Crippen LogP contribution is 2.42. The van der Waals surface area contributed by atoms with E-state index in [0.717, 1.165) is 18.5 Å². The Balaban J connectivity index is 2.15. The van der Waals surface area contributed by atoms with E-state index in [1.165, 1.54) is 0 Å². The molecule has 0 radical (unpaired) electrons. The molecule has 3 rings (SSSR count). The molecule has 2 heterocycles. The number of ether oxygens (including phenoxy) is 2. The van der Waals surface area contributed by atoms with Crippen LogP contribution in [0.5, 0.6) is 11.5 Å². The van der Waals surface area contributed by atoms with Gasteiger partial charge in [0.05, 0.1) is 23.9 Å². The molecule has 5 nitrogen and oxygen atoms in total. The van der Waals surface area contributed by atoms with Crippen LogP contribution in [0.15, 0.2) is 17.0 Å². The molecule has 2 aliphatic rings. The zero-order chi connectivity index (χ0) is 15.0. The van der Waals surface area contributed by atoms with Crippen LogP contribution in [0.2, 0.25) is 0 Å². The Kier molecular flexibility index (Phi) is 3.84. The van der Waals surface area contributed by atoms with E-state index in [1.54, 1.807) is 6.07 Å². The Bertz CT molecular complexity index is 641. The van der Waals surface area contributed by atoms with Crippen molar-refractivity contribution in [1.82, 2.24) is 5.32 Å². The molecule has 6 heteroatoms. The zero-order valence-electron chi connectivity index (χ0n) is 12.4. The van der Waals surface area contributed by atoms with E-state index in [2.05, 4.69) is 5.32 Å². The van der Waals surface area contributed by atoms with Crippen molar-refractivity contribution in [3.05, 3.63) is 17.7 Å². The summed E-state index contributed by atoms with van der Waals surface area (Å²) in [6.07, 6.45) is 0.805. The lowest BCUT2D eigenvalue weighted by Gasteiger charge is -2.32. The summed E-state index contributed by atoms with van der Waals surface area (Å²) in [6, 6.07) is 3.52. The van der Waals surface area contributed by atoms with Crippen LogP contribution >= 0.6 is 0 Å². The zero-order valence-corrected chi connectivity index (χ0v) is 13.2. The minimum atomic E-state index is -3.26. The Labute approximate surface area is 125 Å². The van der Waals surface area contributed by atoms with Crippen LogP contribution in [0.3, 0.4) is 0 Å². The predicted molar refractivity (Wildman–Crippen MR) is 79.7 cm³/mol. The molecule has 1 N–H and O–H groups in total. The van der Waals surface area contributed by atoms with Crippen molar-refractivity contribution in [3.8, 4) is 11.5 Å². The highest BCUT2D eigenvalue weighted by molar-refractivity contribution is 7.91. The molecular weight excluding hydrogens is 290 g/mol. The topological polar surface area (TPSA) is 64.6 Å². The molecular formula is C15H21NO4S. The van der Waals surface area contributed by atoms with Crippen LogP contribution in [0.4, 0.5) is 0 Å². The molecule has 0 saturated heterocycles. The minimum Gasteiger partial charge on any atom is -0.490 e. The maximum atomic E-state index is 12.5. The van der Waals surface area contributed by atoms with Crippen LogP contribution in [0, 0.1) is 5.92 Å². The van der Waals surface area contributed by atoms with Crippen molar-refractivity contribution in [3.63, 3.8) is 0 Å². The third-order valence-electron chi connectivity index (χ3n) is 4.03. The number of nitrogens with one attached hydrogen (secondary N) is 1. The van der Waals surface area contributed by atoms with Gasteiger partial charge in [-0.3, -0.25) is 0 Å². The first-order chi connectivity index (χ1) is 10.0. The number of fused-ring (bicyclic) bond motifs is 2. The Morgan fingerprint density at radius 1 is 1.24 bits per heavy atom. The summed E-state index contributed by atoms with van der Waals surface area (Å²) >= 11 is 0. The average molecular weight is 311 g/mol. The van der Waals surface area contributed by atoms with Gasteiger partial charge in [-0.15, -0.1) is 0 Å². The number of hydrogen-bond acceptors (Lipinski definition) is 5. The van der Waals surface area contributed by atoms with Gasteiger partial charge >= 0.3 is 0 Å². The fourth-order valence-electron chi connectivity index (χ4n) is 3.09. The molecule has 21 heavy (non-hydrogen) atoms. The standard InChI is InChI=1S/C15H21NO4S/c1-3-16-15-10(2)9-21(17,18)14-8-13-12(7-11(14)15)19-5-4-6-20-13/h7-8,10,15-16H,3-6,9H2,1-2H3. The maximum Gasteiger partial charge on any atom is 0.179 e. The van der Waals surface area contributed by atoms with Gasteiger partial charge in [-0.25, -0.2) is 8.42 Å². The van der Waals surface area contributed by atoms with Crippen molar-refractivity contribution >= 4 is 9.84 Å². The molecule has 1 aromatic rings. The first-order valence-corrected chi connectivity index (χ1v) is 9.08. The largest absolute Gasteiger partial charge is 0.490 e. The third-order valence-corrected chi connectivity index (χ3v) is 6.01. The molecule has 1 aromatic carbocycles. The van der Waals surface area contributed by atoms with Crippen LogP contribution < -0.4 is 14.8 Å². The minimum absolute atomic E-state index is 0.0330. The van der Waals surface area contributed by atoms with Crippen LogP contribution in [0.25, 0.3) is 0 Å². The summed E-state index contributed by atoms with van der Waals surface area (Å²) in [4.78, 5) is 0.385. The smallest absolute Gasteiger partial charge is 0.179 e. The highest BCUT2D eigenvalue weighted by atomic mass is 32.2. The fraction of sp³-hybridized carbons (Fsp3) is 0.600. The molecule has 0 amide bonds. The number of benzene rings is 1. The van der Waals surface area contributed by atoms with Crippen LogP contribution in [-0.2, 0) is 9.84 Å². The first kappa shape index (κ1) is 14.7. The van der Waals surface area contributed by atoms with Crippen LogP contribution in [-0.4, -0.2) is 33.9 Å². The quantitative estimate of drug-likeness (QED) is 0.904. The normalized spacial score (nSPS) is 26.8. The van der Waals surface area contributed by atoms with Gasteiger partial charge in [-0.2, -0.15) is 0 Å². The highest BCUT2D eigenvalue weighted by Gasteiger charge is 2.36. The van der Waals surface area contributed by atoms with E-state index in [1.807, 2.05) is 19.9 Å². The molecule has 0 spiro atoms. The lowest BCUT2D eigenvalue weighted by atomic mass is 9.94. The second kappa shape index (κ2) is 5.50. The summed E-state index contributed by atoms with van der Waals surface area (Å²) in [5.41, 5.74) is 0.805. The van der Waals surface area contributed by atoms with E-state index in [4.69, 9.17) is 9.47 Å². The first-order valence-electron chi connectivity index (χ1n) is 7.42. The predicted octanol–water partition coefficient (Wildman–Crippen LogP) is 1.92. The SMILES string of the molecule is CCNC1c2cc3c(cc2S(=O)(=O)CC1C)OCCCO3. The summed E-state index contributed by atoms with van der Waals surface area (Å²) < 4.78 is 36.3. The maximum absolute atomic E-state index is 12.5. The number of rotatable bonds is 2. The van der Waals surface area contributed by atoms with Gasteiger partial charge in [0.2, 0.25) is 0 Å². The molecule has 2 unspecified atom stereocenters. The van der Waals surface area contributed by atoms with Crippen molar-refractivity contribution in [2.75, 3.05) is 25.5 Å². The Morgan fingerprint density at radius 3 is 2.57 bits per heavy atom. The molecule has 0 aliphatic carbocycles. The summed E-state index contributed by atoms with van der Waals surface area (Å²) in [5.74, 6) is 1.39. The second-order valence-corrected chi connectivity index (χ2v) is 7.68. The van der Waals surface area contributed by atoms with Gasteiger partial charge in [0.25, 0.3) is 0 Å². The molecule has 0 fully saturated rings. The van der Waals surface area contributed by atoms with Gasteiger partial charge in [-0.05, 0) is 24.1 Å². The monoisotopic (exact) mass is 311 g/mol. The molecule has 2 aliphatic heterocycles. The molecule has 0 aromatic heterocycles. The van der Waals surface area contributed by atoms with Gasteiger partial charge in [-0.1, -0.05) is 13.8 Å². The van der Waals surface area contributed by atoms with Gasteiger partial charge in [0, 0.05) is 18.5 Å². The van der Waals surface area contributed by atoms with E-state index in [9.17, 15) is 8.42 Å². The van der Waals surface area contributed by atoms with E-state index in [-0.39, 0.29) is 17.7 Å². The average Bonchev–Trinajstić information content (AvgIpc) is 2.66. The van der Waals surface area contributed by atoms with Crippen molar-refractivity contribution < 1.29 is 17.9 Å². The Hall–Kier alpha value is -1.27. The van der Waals surface area contributed by atoms with Crippen molar-refractivity contribution in [2.45, 2.75) is 31.2 Å². The summed E-state index contributed by atoms with van der Waals surface area (Å²) in [6.45, 7) is 5.94.